The molecule has 0 radical (unpaired) electrons. The van der Waals surface area contributed by atoms with Crippen molar-refractivity contribution in [3.05, 3.63) is 63.5 Å². The van der Waals surface area contributed by atoms with Crippen molar-refractivity contribution < 1.29 is 19.1 Å². The second-order valence-corrected chi connectivity index (χ2v) is 10.3. The van der Waals surface area contributed by atoms with Crippen molar-refractivity contribution in [3.63, 3.8) is 0 Å². The number of likely N-dealkylation sites (N-methyl/N-ethyl adjacent to an activating group) is 1. The predicted octanol–water partition coefficient (Wildman–Crippen LogP) is 4.47. The van der Waals surface area contributed by atoms with Crippen LogP contribution in [-0.4, -0.2) is 41.8 Å². The summed E-state index contributed by atoms with van der Waals surface area (Å²) in [6.45, 7) is 0.670. The molecule has 3 atom stereocenters. The minimum atomic E-state index is -0.106. The first-order valence-electron chi connectivity index (χ1n) is 11.1. The molecule has 3 unspecified atom stereocenters. The number of hydrogen-bond acceptors (Lipinski definition) is 5. The summed E-state index contributed by atoms with van der Waals surface area (Å²) >= 11 is 7.90. The fourth-order valence-corrected chi connectivity index (χ4v) is 6.31. The van der Waals surface area contributed by atoms with Gasteiger partial charge in [-0.2, -0.15) is 0 Å². The summed E-state index contributed by atoms with van der Waals surface area (Å²) in [6, 6.07) is 13.3. The van der Waals surface area contributed by atoms with Crippen LogP contribution in [-0.2, 0) is 16.1 Å². The Morgan fingerprint density at radius 2 is 2.03 bits per heavy atom. The third kappa shape index (κ3) is 4.57. The molecule has 2 aromatic carbocycles. The highest BCUT2D eigenvalue weighted by atomic mass is 35.5. The molecule has 2 fully saturated rings. The summed E-state index contributed by atoms with van der Waals surface area (Å²) in [4.78, 5) is 28.5. The van der Waals surface area contributed by atoms with E-state index >= 15 is 0 Å². The lowest BCUT2D eigenvalue weighted by Gasteiger charge is -2.44. The van der Waals surface area contributed by atoms with Gasteiger partial charge >= 0.3 is 0 Å². The highest BCUT2D eigenvalue weighted by Crippen LogP contribution is 2.43. The molecule has 0 spiro atoms. The molecule has 1 saturated heterocycles. The molecule has 2 amide bonds. The molecule has 3 aliphatic rings. The van der Waals surface area contributed by atoms with E-state index in [9.17, 15) is 9.59 Å². The summed E-state index contributed by atoms with van der Waals surface area (Å²) in [5.74, 6) is 1.36. The van der Waals surface area contributed by atoms with Gasteiger partial charge in [-0.25, -0.2) is 0 Å². The molecule has 5 rings (SSSR count). The highest BCUT2D eigenvalue weighted by molar-refractivity contribution is 8.04. The average Bonchev–Trinajstić information content (AvgIpc) is 3.30. The third-order valence-electron chi connectivity index (χ3n) is 6.53. The normalized spacial score (nSPS) is 25.2. The van der Waals surface area contributed by atoms with E-state index in [0.29, 0.717) is 28.6 Å². The van der Waals surface area contributed by atoms with Crippen molar-refractivity contribution in [2.45, 2.75) is 37.1 Å². The number of carbonyl (C=O) groups is 2. The Morgan fingerprint density at radius 1 is 1.21 bits per heavy atom. The largest absolute Gasteiger partial charge is 0.454 e. The summed E-state index contributed by atoms with van der Waals surface area (Å²) in [5.41, 5.74) is 1.81. The monoisotopic (exact) mass is 484 g/mol. The van der Waals surface area contributed by atoms with Crippen molar-refractivity contribution >= 4 is 41.3 Å². The van der Waals surface area contributed by atoms with Gasteiger partial charge in [-0.15, -0.1) is 11.8 Å². The van der Waals surface area contributed by atoms with Crippen molar-refractivity contribution in [2.24, 2.45) is 5.92 Å². The van der Waals surface area contributed by atoms with E-state index in [-0.39, 0.29) is 35.8 Å². The lowest BCUT2D eigenvalue weighted by atomic mass is 9.83. The fraction of sp³-hybridized carbons (Fsp3) is 0.360. The number of halogens is 1. The molecule has 33 heavy (non-hydrogen) atoms. The van der Waals surface area contributed by atoms with Gasteiger partial charge in [-0.05, 0) is 54.7 Å². The van der Waals surface area contributed by atoms with Crippen LogP contribution in [0, 0.1) is 5.92 Å². The lowest BCUT2D eigenvalue weighted by Crippen LogP contribution is -2.52. The fourth-order valence-electron chi connectivity index (χ4n) is 4.65. The van der Waals surface area contributed by atoms with E-state index in [1.807, 2.05) is 55.6 Å². The second-order valence-electron chi connectivity index (χ2n) is 8.59. The lowest BCUT2D eigenvalue weighted by molar-refractivity contribution is -0.132. The van der Waals surface area contributed by atoms with Crippen LogP contribution in [0.25, 0.3) is 6.08 Å². The summed E-state index contributed by atoms with van der Waals surface area (Å²) < 4.78 is 10.7. The van der Waals surface area contributed by atoms with Gasteiger partial charge in [0.2, 0.25) is 12.7 Å². The number of thioether (sulfide) groups is 1. The Morgan fingerprint density at radius 3 is 2.88 bits per heavy atom. The van der Waals surface area contributed by atoms with Gasteiger partial charge in [0, 0.05) is 35.8 Å². The topological polar surface area (TPSA) is 67.9 Å². The minimum absolute atomic E-state index is 0.0115. The zero-order valence-corrected chi connectivity index (χ0v) is 19.8. The first kappa shape index (κ1) is 22.2. The van der Waals surface area contributed by atoms with Gasteiger partial charge < -0.3 is 19.7 Å². The van der Waals surface area contributed by atoms with Crippen LogP contribution in [0.1, 0.15) is 30.4 Å². The van der Waals surface area contributed by atoms with Gasteiger partial charge in [-0.3, -0.25) is 9.59 Å². The number of rotatable bonds is 4. The van der Waals surface area contributed by atoms with E-state index in [0.717, 1.165) is 29.7 Å². The molecule has 2 aromatic rings. The highest BCUT2D eigenvalue weighted by Gasteiger charge is 2.42. The first-order chi connectivity index (χ1) is 16.0. The molecule has 2 heterocycles. The number of nitrogens with one attached hydrogen (secondary N) is 1. The van der Waals surface area contributed by atoms with Gasteiger partial charge in [0.25, 0.3) is 5.91 Å². The molecular weight excluding hydrogens is 460 g/mol. The molecular formula is C25H25ClN2O4S. The van der Waals surface area contributed by atoms with Crippen LogP contribution in [0.2, 0.25) is 5.02 Å². The summed E-state index contributed by atoms with van der Waals surface area (Å²) in [6.07, 6.45) is 4.25. The first-order valence-corrected chi connectivity index (χ1v) is 12.3. The van der Waals surface area contributed by atoms with Crippen LogP contribution >= 0.6 is 23.4 Å². The van der Waals surface area contributed by atoms with Crippen LogP contribution in [0.15, 0.2) is 47.4 Å². The van der Waals surface area contributed by atoms with Gasteiger partial charge in [0.1, 0.15) is 0 Å². The van der Waals surface area contributed by atoms with Gasteiger partial charge in [0.15, 0.2) is 11.5 Å². The summed E-state index contributed by atoms with van der Waals surface area (Å²) in [5, 5.41) is 3.97. The van der Waals surface area contributed by atoms with Crippen LogP contribution < -0.4 is 14.8 Å². The van der Waals surface area contributed by atoms with E-state index in [2.05, 4.69) is 5.32 Å². The smallest absolute Gasteiger partial charge is 0.260 e. The van der Waals surface area contributed by atoms with E-state index < -0.39 is 0 Å². The van der Waals surface area contributed by atoms with E-state index in [4.69, 9.17) is 21.1 Å². The molecule has 0 aromatic heterocycles. The van der Waals surface area contributed by atoms with Gasteiger partial charge in [-0.1, -0.05) is 35.9 Å². The Balaban J connectivity index is 1.21. The minimum Gasteiger partial charge on any atom is -0.454 e. The standard InChI is InChI=1S/C25H25ClN2O4S/c1-28-19-11-17(24(29)27-13-15-6-8-20-21(10-15)32-14-31-20)7-9-22(19)33-23(25(28)30)12-16-4-2-3-5-18(16)26/h2-6,8,10,12,17,19,22H,7,9,11,13-14H2,1H3,(H,27,29)/b23-12+. The maximum atomic E-state index is 13.0. The molecule has 1 N–H and O–H groups in total. The van der Waals surface area contributed by atoms with Crippen LogP contribution in [0.5, 0.6) is 11.5 Å². The number of benzene rings is 2. The zero-order valence-electron chi connectivity index (χ0n) is 18.3. The van der Waals surface area contributed by atoms with Gasteiger partial charge in [0.05, 0.1) is 4.91 Å². The number of ether oxygens (including phenoxy) is 2. The van der Waals surface area contributed by atoms with E-state index in [1.54, 1.807) is 16.7 Å². The third-order valence-corrected chi connectivity index (χ3v) is 8.27. The Labute approximate surface area is 202 Å². The number of fused-ring (bicyclic) bond motifs is 2. The Hall–Kier alpha value is -2.64. The van der Waals surface area contributed by atoms with Crippen LogP contribution in [0.3, 0.4) is 0 Å². The zero-order chi connectivity index (χ0) is 22.9. The van der Waals surface area contributed by atoms with Crippen molar-refractivity contribution in [3.8, 4) is 11.5 Å². The number of amides is 2. The molecule has 6 nitrogen and oxygen atoms in total. The SMILES string of the molecule is CN1C(=O)/C(=C\c2ccccc2Cl)SC2CCC(C(=O)NCc3ccc4c(c3)OCO4)CC21. The maximum absolute atomic E-state index is 13.0. The molecule has 1 saturated carbocycles. The quantitative estimate of drug-likeness (QED) is 0.648. The molecule has 2 aliphatic heterocycles. The molecule has 172 valence electrons. The number of nitrogens with zero attached hydrogens (tertiary/aromatic N) is 1. The molecule has 1 aliphatic carbocycles. The van der Waals surface area contributed by atoms with Crippen molar-refractivity contribution in [2.75, 3.05) is 13.8 Å². The number of hydrogen-bond donors (Lipinski definition) is 1. The number of carbonyl (C=O) groups excluding carboxylic acids is 2. The van der Waals surface area contributed by atoms with Crippen molar-refractivity contribution in [1.82, 2.24) is 10.2 Å². The average molecular weight is 485 g/mol. The predicted molar refractivity (Wildman–Crippen MR) is 129 cm³/mol. The summed E-state index contributed by atoms with van der Waals surface area (Å²) in [7, 11) is 1.84. The Bertz CT molecular complexity index is 1120. The van der Waals surface area contributed by atoms with E-state index in [1.165, 1.54) is 0 Å². The van der Waals surface area contributed by atoms with Crippen molar-refractivity contribution in [1.29, 1.82) is 0 Å². The second kappa shape index (κ2) is 9.31. The molecule has 8 heteroatoms. The maximum Gasteiger partial charge on any atom is 0.260 e. The van der Waals surface area contributed by atoms with Crippen LogP contribution in [0.4, 0.5) is 0 Å². The molecule has 0 bridgehead atoms. The Kier molecular flexibility index (Phi) is 6.25.